The number of aromatic amines is 1. The minimum absolute atomic E-state index is 0.118. The molecule has 1 aromatic heterocycles. The monoisotopic (exact) mass is 337 g/mol. The number of anilines is 1. The third kappa shape index (κ3) is 3.17. The molecule has 2 N–H and O–H groups in total. The summed E-state index contributed by atoms with van der Waals surface area (Å²) < 4.78 is 23.2. The Hall–Kier alpha value is -1.80. The topological polar surface area (TPSA) is 91.9 Å². The quantitative estimate of drug-likeness (QED) is 0.818. The Balaban J connectivity index is 1.79. The fourth-order valence-electron chi connectivity index (χ4n) is 2.22. The van der Waals surface area contributed by atoms with Crippen molar-refractivity contribution in [3.63, 3.8) is 0 Å². The largest absolute Gasteiger partial charge is 0.305 e. The molecule has 2 aliphatic rings. The number of hydrogen-bond donors (Lipinski definition) is 2. The number of amides is 1. The maximum Gasteiger partial charge on any atom is 0.258 e. The van der Waals surface area contributed by atoms with Crippen molar-refractivity contribution in [3.05, 3.63) is 34.4 Å². The van der Waals surface area contributed by atoms with Crippen molar-refractivity contribution in [2.24, 2.45) is 0 Å². The van der Waals surface area contributed by atoms with Gasteiger partial charge in [-0.2, -0.15) is 5.10 Å². The second kappa shape index (κ2) is 5.44. The lowest BCUT2D eigenvalue weighted by atomic mass is 10.0. The first kappa shape index (κ1) is 15.1. The van der Waals surface area contributed by atoms with E-state index in [-0.39, 0.29) is 16.9 Å². The van der Waals surface area contributed by atoms with Crippen LogP contribution in [0.15, 0.2) is 28.7 Å². The Morgan fingerprint density at radius 3 is 2.82 bits per heavy atom. The second-order valence-corrected chi connectivity index (χ2v) is 8.01. The maximum atomic E-state index is 12.3. The highest BCUT2D eigenvalue weighted by molar-refractivity contribution is 7.94. The van der Waals surface area contributed by atoms with Gasteiger partial charge in [0.1, 0.15) is 0 Å². The van der Waals surface area contributed by atoms with E-state index in [0.29, 0.717) is 16.6 Å². The van der Waals surface area contributed by atoms with Gasteiger partial charge in [0.2, 0.25) is 0 Å². The number of aromatic nitrogens is 2. The van der Waals surface area contributed by atoms with E-state index >= 15 is 0 Å². The Morgan fingerprint density at radius 2 is 2.18 bits per heavy atom. The number of nitrogens with one attached hydrogen (secondary N) is 2. The summed E-state index contributed by atoms with van der Waals surface area (Å²) in [4.78, 5) is 12.8. The molecule has 0 aliphatic heterocycles. The van der Waals surface area contributed by atoms with Crippen LogP contribution in [0.5, 0.6) is 0 Å². The van der Waals surface area contributed by atoms with Crippen LogP contribution in [0.25, 0.3) is 0 Å². The van der Waals surface area contributed by atoms with Crippen molar-refractivity contribution < 1.29 is 13.2 Å². The van der Waals surface area contributed by atoms with E-state index in [4.69, 9.17) is 12.2 Å². The minimum atomic E-state index is -3.36. The van der Waals surface area contributed by atoms with Gasteiger partial charge in [-0.05, 0) is 18.9 Å². The van der Waals surface area contributed by atoms with E-state index in [9.17, 15) is 13.2 Å². The normalized spacial score (nSPS) is 18.7. The van der Waals surface area contributed by atoms with Gasteiger partial charge in [0.15, 0.2) is 15.7 Å². The average molecular weight is 337 g/mol. The molecule has 0 radical (unpaired) electrons. The summed E-state index contributed by atoms with van der Waals surface area (Å²) >= 11 is 5.16. The van der Waals surface area contributed by atoms with Gasteiger partial charge in [0.05, 0.1) is 10.5 Å². The molecule has 1 heterocycles. The molecule has 1 amide bonds. The molecule has 6 nitrogen and oxygen atoms in total. The van der Waals surface area contributed by atoms with Gasteiger partial charge in [-0.3, -0.25) is 9.89 Å². The van der Waals surface area contributed by atoms with E-state index < -0.39 is 15.7 Å². The van der Waals surface area contributed by atoms with Gasteiger partial charge in [0, 0.05) is 35.2 Å². The molecule has 1 saturated carbocycles. The molecule has 0 aromatic carbocycles. The van der Waals surface area contributed by atoms with Gasteiger partial charge < -0.3 is 5.32 Å². The van der Waals surface area contributed by atoms with Crippen molar-refractivity contribution >= 4 is 38.6 Å². The number of thiocarbonyl (C=S) groups is 1. The number of rotatable bonds is 4. The third-order valence-electron chi connectivity index (χ3n) is 3.60. The van der Waals surface area contributed by atoms with Crippen LogP contribution >= 0.6 is 12.2 Å². The minimum Gasteiger partial charge on any atom is -0.305 e. The molecule has 0 atom stereocenters. The molecule has 0 bridgehead atoms. The van der Waals surface area contributed by atoms with Crippen LogP contribution in [0.1, 0.15) is 30.9 Å². The summed E-state index contributed by atoms with van der Waals surface area (Å²) in [6.45, 7) is 0. The lowest BCUT2D eigenvalue weighted by Gasteiger charge is -2.13. The zero-order chi connectivity index (χ0) is 15.9. The van der Waals surface area contributed by atoms with Crippen molar-refractivity contribution in [1.29, 1.82) is 0 Å². The second-order valence-electron chi connectivity index (χ2n) is 5.50. The molecule has 116 valence electrons. The maximum absolute atomic E-state index is 12.3. The van der Waals surface area contributed by atoms with Crippen LogP contribution < -0.4 is 5.32 Å². The zero-order valence-corrected chi connectivity index (χ0v) is 13.6. The Kier molecular flexibility index (Phi) is 3.73. The summed E-state index contributed by atoms with van der Waals surface area (Å²) in [5, 5.41) is 9.60. The number of carbonyl (C=O) groups excluding carboxylic acids is 1. The molecule has 1 fully saturated rings. The first-order chi connectivity index (χ1) is 10.3. The summed E-state index contributed by atoms with van der Waals surface area (Å²) in [5.74, 6) is 0.493. The highest BCUT2D eigenvalue weighted by atomic mass is 32.2. The summed E-state index contributed by atoms with van der Waals surface area (Å²) in [6, 6.07) is 1.80. The summed E-state index contributed by atoms with van der Waals surface area (Å²) in [6.07, 6.45) is 6.49. The molecule has 22 heavy (non-hydrogen) atoms. The lowest BCUT2D eigenvalue weighted by molar-refractivity contribution is -0.112. The number of nitrogens with zero attached hydrogens (tertiary/aromatic N) is 1. The van der Waals surface area contributed by atoms with Gasteiger partial charge in [0.25, 0.3) is 5.91 Å². The number of hydrogen-bond acceptors (Lipinski definition) is 5. The number of sulfone groups is 1. The number of H-pyrrole nitrogens is 1. The Labute approximate surface area is 133 Å². The van der Waals surface area contributed by atoms with E-state index in [1.165, 1.54) is 12.2 Å². The average Bonchev–Trinajstić information content (AvgIpc) is 3.19. The fraction of sp³-hybridized carbons (Fsp3) is 0.357. The first-order valence-corrected chi connectivity index (χ1v) is 9.16. The van der Waals surface area contributed by atoms with E-state index in [2.05, 4.69) is 15.5 Å². The standard InChI is InChI=1S/C14H15N3O3S2/c1-22(19,20)9-4-5-12(21)10(6-9)14(18)15-13-7-11(16-17-13)8-2-3-8/h4,6-8H,2-3,5H2,1H3,(H2,15,16,17,18). The van der Waals surface area contributed by atoms with Crippen LogP contribution in [-0.2, 0) is 14.6 Å². The lowest BCUT2D eigenvalue weighted by Crippen LogP contribution is -2.22. The summed E-state index contributed by atoms with van der Waals surface area (Å²) in [7, 11) is -3.36. The van der Waals surface area contributed by atoms with Gasteiger partial charge in [-0.25, -0.2) is 8.42 Å². The van der Waals surface area contributed by atoms with E-state index in [0.717, 1.165) is 24.8 Å². The number of carbonyl (C=O) groups is 1. The SMILES string of the molecule is CS(=O)(=O)C1=CCC(=S)C(C(=O)Nc2cc(C3CC3)[nH]n2)=C1. The van der Waals surface area contributed by atoms with Crippen molar-refractivity contribution in [1.82, 2.24) is 10.2 Å². The fourth-order valence-corrected chi connectivity index (χ4v) is 3.18. The molecule has 0 unspecified atom stereocenters. The van der Waals surface area contributed by atoms with E-state index in [1.807, 2.05) is 0 Å². The Morgan fingerprint density at radius 1 is 1.45 bits per heavy atom. The van der Waals surface area contributed by atoms with Crippen LogP contribution in [-0.4, -0.2) is 35.6 Å². The molecular weight excluding hydrogens is 322 g/mol. The van der Waals surface area contributed by atoms with Crippen LogP contribution in [0.3, 0.4) is 0 Å². The predicted octanol–water partition coefficient (Wildman–Crippen LogP) is 1.85. The van der Waals surface area contributed by atoms with Crippen molar-refractivity contribution in [2.75, 3.05) is 11.6 Å². The first-order valence-electron chi connectivity index (χ1n) is 6.86. The summed E-state index contributed by atoms with van der Waals surface area (Å²) in [5.41, 5.74) is 1.21. The van der Waals surface area contributed by atoms with Crippen LogP contribution in [0.4, 0.5) is 5.82 Å². The van der Waals surface area contributed by atoms with Gasteiger partial charge in [-0.15, -0.1) is 0 Å². The van der Waals surface area contributed by atoms with Gasteiger partial charge >= 0.3 is 0 Å². The van der Waals surface area contributed by atoms with Crippen molar-refractivity contribution in [2.45, 2.75) is 25.2 Å². The zero-order valence-electron chi connectivity index (χ0n) is 11.9. The van der Waals surface area contributed by atoms with Crippen LogP contribution in [0.2, 0.25) is 0 Å². The molecular formula is C14H15N3O3S2. The smallest absolute Gasteiger partial charge is 0.258 e. The predicted molar refractivity (Wildman–Crippen MR) is 87.4 cm³/mol. The Bertz CT molecular complexity index is 814. The molecule has 0 spiro atoms. The van der Waals surface area contributed by atoms with Gasteiger partial charge in [-0.1, -0.05) is 18.3 Å². The van der Waals surface area contributed by atoms with Crippen LogP contribution in [0, 0.1) is 0 Å². The number of allylic oxidation sites excluding steroid dienone is 2. The molecule has 1 aromatic rings. The highest BCUT2D eigenvalue weighted by Gasteiger charge is 2.26. The van der Waals surface area contributed by atoms with E-state index in [1.54, 1.807) is 6.07 Å². The molecule has 8 heteroatoms. The third-order valence-corrected chi connectivity index (χ3v) is 5.13. The highest BCUT2D eigenvalue weighted by Crippen LogP contribution is 2.39. The molecule has 2 aliphatic carbocycles. The molecule has 0 saturated heterocycles. The molecule has 3 rings (SSSR count). The van der Waals surface area contributed by atoms with Crippen molar-refractivity contribution in [3.8, 4) is 0 Å².